The van der Waals surface area contributed by atoms with Crippen molar-refractivity contribution in [1.82, 2.24) is 0 Å². The average molecular weight is 349 g/mol. The van der Waals surface area contributed by atoms with Crippen molar-refractivity contribution in [2.75, 3.05) is 26.2 Å². The summed E-state index contributed by atoms with van der Waals surface area (Å²) in [6, 6.07) is 4.46. The Morgan fingerprint density at radius 2 is 1.83 bits per heavy atom. The topological polar surface area (TPSA) is 40.1 Å². The molecule has 3 aliphatic rings. The fourth-order valence-corrected chi connectivity index (χ4v) is 4.27. The van der Waals surface area contributed by atoms with Crippen molar-refractivity contribution >= 4 is 17.3 Å². The van der Waals surface area contributed by atoms with Gasteiger partial charge in [0.2, 0.25) is 0 Å². The molecule has 0 spiro atoms. The summed E-state index contributed by atoms with van der Waals surface area (Å²) in [6.45, 7) is 5.88. The molecule has 1 aromatic rings. The lowest BCUT2D eigenvalue weighted by atomic mass is 9.85. The molecule has 3 aliphatic heterocycles. The van der Waals surface area contributed by atoms with Gasteiger partial charge in [-0.05, 0) is 43.0 Å². The number of thiophene rings is 1. The van der Waals surface area contributed by atoms with Gasteiger partial charge in [0, 0.05) is 11.3 Å². The third-order valence-electron chi connectivity index (χ3n) is 4.90. The molecule has 7 heteroatoms. The fraction of sp³-hybridized carbons (Fsp3) is 0.688. The fourth-order valence-electron chi connectivity index (χ4n) is 3.52. The van der Waals surface area contributed by atoms with Crippen LogP contribution in [0.15, 0.2) is 17.5 Å². The molecule has 3 saturated heterocycles. The lowest BCUT2D eigenvalue weighted by Crippen LogP contribution is -2.58. The second-order valence-electron chi connectivity index (χ2n) is 6.44. The highest BCUT2D eigenvalue weighted by Crippen LogP contribution is 2.33. The highest BCUT2D eigenvalue weighted by Gasteiger charge is 2.38. The predicted molar refractivity (Wildman–Crippen MR) is 80.8 cm³/mol. The van der Waals surface area contributed by atoms with E-state index in [0.717, 1.165) is 5.92 Å². The van der Waals surface area contributed by atoms with E-state index in [1.165, 1.54) is 62.8 Å². The van der Waals surface area contributed by atoms with Crippen molar-refractivity contribution in [1.29, 1.82) is 0 Å². The van der Waals surface area contributed by atoms with E-state index in [9.17, 15) is 13.2 Å². The van der Waals surface area contributed by atoms with Crippen LogP contribution in [0, 0.1) is 5.92 Å². The molecular weight excluding hydrogens is 327 g/mol. The van der Waals surface area contributed by atoms with Crippen LogP contribution in [0.2, 0.25) is 0 Å². The van der Waals surface area contributed by atoms with Crippen LogP contribution in [0.4, 0.5) is 13.2 Å². The molecule has 0 radical (unpaired) electrons. The number of carboxylic acids is 1. The number of aryl methyl sites for hydroxylation is 1. The number of hydrogen-bond donors (Lipinski definition) is 0. The summed E-state index contributed by atoms with van der Waals surface area (Å²) in [6.07, 6.45) is 2.04. The Morgan fingerprint density at radius 3 is 2.26 bits per heavy atom. The molecule has 0 atom stereocenters. The van der Waals surface area contributed by atoms with Gasteiger partial charge in [-0.15, -0.1) is 11.3 Å². The van der Waals surface area contributed by atoms with Crippen molar-refractivity contribution in [3.63, 3.8) is 0 Å². The predicted octanol–water partition coefficient (Wildman–Crippen LogP) is 2.61. The molecule has 23 heavy (non-hydrogen) atoms. The molecule has 0 amide bonds. The van der Waals surface area contributed by atoms with Gasteiger partial charge in [-0.2, -0.15) is 13.2 Å². The zero-order chi connectivity index (χ0) is 16.9. The summed E-state index contributed by atoms with van der Waals surface area (Å²) < 4.78 is 33.0. The normalized spacial score (nSPS) is 26.5. The summed E-state index contributed by atoms with van der Waals surface area (Å²) in [5.74, 6) is -1.91. The molecule has 3 fully saturated rings. The molecular formula is C16H22F3NO2S. The van der Waals surface area contributed by atoms with Gasteiger partial charge in [-0.25, -0.2) is 0 Å². The molecule has 0 aliphatic carbocycles. The Kier molecular flexibility index (Phi) is 6.08. The lowest BCUT2D eigenvalue weighted by molar-refractivity contribution is -0.942. The molecule has 4 rings (SSSR count). The van der Waals surface area contributed by atoms with Gasteiger partial charge in [0.15, 0.2) is 0 Å². The summed E-state index contributed by atoms with van der Waals surface area (Å²) in [7, 11) is 0. The number of rotatable bonds is 4. The maximum Gasteiger partial charge on any atom is 0.430 e. The Balaban J connectivity index is 0.000000236. The van der Waals surface area contributed by atoms with Crippen molar-refractivity contribution in [3.05, 3.63) is 22.4 Å². The first kappa shape index (κ1) is 18.3. The second-order valence-corrected chi connectivity index (χ2v) is 7.47. The van der Waals surface area contributed by atoms with Crippen LogP contribution in [-0.2, 0) is 11.2 Å². The van der Waals surface area contributed by atoms with Crippen molar-refractivity contribution < 1.29 is 27.6 Å². The van der Waals surface area contributed by atoms with Gasteiger partial charge in [0.25, 0.3) is 0 Å². The van der Waals surface area contributed by atoms with Crippen LogP contribution in [-0.4, -0.2) is 42.8 Å². The Labute approximate surface area is 138 Å². The van der Waals surface area contributed by atoms with Crippen LogP contribution >= 0.6 is 11.3 Å². The third kappa shape index (κ3) is 5.49. The number of hydrogen-bond acceptors (Lipinski definition) is 3. The first-order valence-corrected chi connectivity index (χ1v) is 8.84. The third-order valence-corrected chi connectivity index (χ3v) is 5.84. The highest BCUT2D eigenvalue weighted by atomic mass is 32.1. The quantitative estimate of drug-likeness (QED) is 0.784. The first-order chi connectivity index (χ1) is 10.8. The summed E-state index contributed by atoms with van der Waals surface area (Å²) in [4.78, 5) is 10.4. The number of halogens is 3. The Bertz CT molecular complexity index is 480. The van der Waals surface area contributed by atoms with Crippen molar-refractivity contribution in [2.45, 2.75) is 38.3 Å². The zero-order valence-corrected chi connectivity index (χ0v) is 13.8. The van der Waals surface area contributed by atoms with Crippen molar-refractivity contribution in [2.24, 2.45) is 5.92 Å². The van der Waals surface area contributed by atoms with E-state index in [1.54, 1.807) is 4.88 Å². The molecule has 0 N–H and O–H groups in total. The molecule has 2 bridgehead atoms. The zero-order valence-electron chi connectivity index (χ0n) is 13.0. The number of fused-ring (bicyclic) bond motifs is 3. The molecule has 0 saturated carbocycles. The average Bonchev–Trinajstić information content (AvgIpc) is 3.02. The van der Waals surface area contributed by atoms with Crippen LogP contribution in [0.5, 0.6) is 0 Å². The number of carbonyl (C=O) groups excluding carboxylic acids is 1. The van der Waals surface area contributed by atoms with Crippen molar-refractivity contribution in [3.8, 4) is 0 Å². The molecule has 4 heterocycles. The number of nitrogens with zero attached hydrogens (tertiary/aromatic N) is 1. The van der Waals surface area contributed by atoms with Gasteiger partial charge < -0.3 is 14.4 Å². The smallest absolute Gasteiger partial charge is 0.430 e. The number of alkyl halides is 3. The maximum atomic E-state index is 10.5. The minimum atomic E-state index is -5.19. The van der Waals surface area contributed by atoms with Gasteiger partial charge in [0.05, 0.1) is 26.2 Å². The number of aliphatic carboxylic acids is 1. The monoisotopic (exact) mass is 349 g/mol. The van der Waals surface area contributed by atoms with Gasteiger partial charge in [-0.1, -0.05) is 6.07 Å². The van der Waals surface area contributed by atoms with E-state index in [1.807, 2.05) is 11.3 Å². The van der Waals surface area contributed by atoms with E-state index in [4.69, 9.17) is 9.90 Å². The van der Waals surface area contributed by atoms with Crippen LogP contribution in [0.25, 0.3) is 0 Å². The van der Waals surface area contributed by atoms with Gasteiger partial charge in [0.1, 0.15) is 5.97 Å². The standard InChI is InChI=1S/C14H22NS.C2HF3O2/c1(3-14-4-2-12-16-14)8-15-9-5-13(6-10-15)7-11-15;3-2(4,5)1(6)7/h2,4,12-13H,1,3,5-11H2;(H,6,7)/q+1;/p-1. The van der Waals surface area contributed by atoms with Crippen LogP contribution in [0.3, 0.4) is 0 Å². The summed E-state index contributed by atoms with van der Waals surface area (Å²) in [5.41, 5.74) is 0. The lowest BCUT2D eigenvalue weighted by Gasteiger charge is -2.49. The highest BCUT2D eigenvalue weighted by molar-refractivity contribution is 7.09. The summed E-state index contributed by atoms with van der Waals surface area (Å²) >= 11 is 1.92. The Hall–Kier alpha value is -1.08. The SMILES string of the molecule is O=C([O-])C(F)(F)F.c1csc(CCC[N+]23CCC(CC2)CC3)c1. The minimum absolute atomic E-state index is 1.09. The number of quaternary nitrogens is 1. The van der Waals surface area contributed by atoms with Crippen LogP contribution < -0.4 is 5.11 Å². The molecule has 3 nitrogen and oxygen atoms in total. The van der Waals surface area contributed by atoms with E-state index in [2.05, 4.69) is 17.5 Å². The van der Waals surface area contributed by atoms with Gasteiger partial charge >= 0.3 is 6.18 Å². The van der Waals surface area contributed by atoms with E-state index in [0.29, 0.717) is 0 Å². The number of carboxylic acid groups (broad SMARTS) is 1. The molecule has 130 valence electrons. The van der Waals surface area contributed by atoms with E-state index in [-0.39, 0.29) is 0 Å². The largest absolute Gasteiger partial charge is 0.542 e. The number of piperidine rings is 3. The maximum absolute atomic E-state index is 10.5. The Morgan fingerprint density at radius 1 is 1.26 bits per heavy atom. The minimum Gasteiger partial charge on any atom is -0.542 e. The van der Waals surface area contributed by atoms with E-state index < -0.39 is 12.1 Å². The van der Waals surface area contributed by atoms with Gasteiger partial charge in [-0.3, -0.25) is 0 Å². The summed E-state index contributed by atoms with van der Waals surface area (Å²) in [5, 5.41) is 11.0. The molecule has 0 unspecified atom stereocenters. The number of carbonyl (C=O) groups is 1. The molecule has 1 aromatic heterocycles. The molecule has 0 aromatic carbocycles. The van der Waals surface area contributed by atoms with Crippen LogP contribution in [0.1, 0.15) is 30.6 Å². The van der Waals surface area contributed by atoms with E-state index >= 15 is 0 Å². The first-order valence-electron chi connectivity index (χ1n) is 7.96. The second kappa shape index (κ2) is 7.66.